The van der Waals surface area contributed by atoms with Gasteiger partial charge in [0.05, 0.1) is 0 Å². The maximum absolute atomic E-state index is 15.1. The van der Waals surface area contributed by atoms with Crippen LogP contribution < -0.4 is 0 Å². The lowest BCUT2D eigenvalue weighted by molar-refractivity contribution is -0.423. The summed E-state index contributed by atoms with van der Waals surface area (Å²) in [6.07, 6.45) is -10.8. The summed E-state index contributed by atoms with van der Waals surface area (Å²) >= 11 is 2.97. The Morgan fingerprint density at radius 2 is 0.560 bits per heavy atom. The highest BCUT2D eigenvalue weighted by Crippen LogP contribution is 2.65. The topological polar surface area (TPSA) is 27.7 Å². The number of alkyl halides is 38. The minimum Gasteiger partial charge on any atom is -0.455 e. The van der Waals surface area contributed by atoms with Gasteiger partial charge in [-0.25, -0.2) is 0 Å². The third-order valence-electron chi connectivity index (χ3n) is 13.7. The van der Waals surface area contributed by atoms with Gasteiger partial charge >= 0.3 is 107 Å². The molecule has 47 heteroatoms. The molecule has 0 aliphatic carbocycles. The molecule has 0 aliphatic rings. The Bertz CT molecular complexity index is 2540. The zero-order valence-corrected chi connectivity index (χ0v) is 59.6. The van der Waals surface area contributed by atoms with Gasteiger partial charge in [0.25, 0.3) is 0 Å². The van der Waals surface area contributed by atoms with E-state index in [2.05, 4.69) is 0 Å². The van der Waals surface area contributed by atoms with Crippen molar-refractivity contribution >= 4 is 95.1 Å². The molecule has 0 fully saturated rings. The molecule has 544 valence electrons. The first-order valence-corrected chi connectivity index (χ1v) is 46.1. The number of allylic oxidation sites excluding steroid dienone is 2. The van der Waals surface area contributed by atoms with E-state index < -0.39 is 222 Å². The first-order chi connectivity index (χ1) is 38.8. The molecule has 2 unspecified atom stereocenters. The molecule has 0 rings (SSSR count). The second kappa shape index (κ2) is 26.6. The predicted octanol–water partition coefficient (Wildman–Crippen LogP) is 22.2. The van der Waals surface area contributed by atoms with E-state index in [1.165, 1.54) is 0 Å². The Balaban J connectivity index is 6.78. The largest absolute Gasteiger partial charge is 0.455 e. The highest BCUT2D eigenvalue weighted by atomic mass is 127. The first kappa shape index (κ1) is 90.6. The van der Waals surface area contributed by atoms with Gasteiger partial charge in [-0.05, 0) is 109 Å². The fourth-order valence-electron chi connectivity index (χ4n) is 8.11. The average Bonchev–Trinajstić information content (AvgIpc) is 0.725. The van der Waals surface area contributed by atoms with E-state index in [0.29, 0.717) is 58.8 Å². The second-order valence-corrected chi connectivity index (χ2v) is 55.3. The zero-order valence-electron chi connectivity index (χ0n) is 49.3. The normalized spacial score (nSPS) is 17.5. The van der Waals surface area contributed by atoms with Crippen molar-refractivity contribution in [1.29, 1.82) is 0 Å². The smallest absolute Gasteiger partial charge is 0.385 e. The van der Waals surface area contributed by atoms with E-state index in [4.69, 9.17) is 12.3 Å². The highest BCUT2D eigenvalue weighted by molar-refractivity contribution is 14.1. The lowest BCUT2D eigenvalue weighted by atomic mass is 9.90. The van der Waals surface area contributed by atoms with E-state index in [0.717, 1.165) is 35.7 Å². The maximum Gasteiger partial charge on any atom is 0.385 e. The molecule has 0 bridgehead atoms. The van der Waals surface area contributed by atoms with Crippen LogP contribution in [-0.4, -0.2) is 164 Å². The molecule has 0 aromatic carbocycles. The molecule has 0 spiro atoms. The first-order valence-electron chi connectivity index (χ1n) is 25.4. The van der Waals surface area contributed by atoms with Crippen LogP contribution in [0.4, 0.5) is 158 Å². The van der Waals surface area contributed by atoms with Crippen LogP contribution >= 0.6 is 45.2 Å². The van der Waals surface area contributed by atoms with Crippen molar-refractivity contribution < 1.29 is 170 Å². The SMILES string of the molecule is CCC(I)[Si](C)(C)O[Si](C)(C)C(I)CC(F)(F)C(F)(F)C(F)(F)C(F)(F)C(F)(F)C(F)(F)/C=C/[Si](C)(C)O[Si](C)(C)/C=C/C(F)(F)C(F)(F)C(F)(F)C(F)(F)C(F)(F)C(F)(F)CC[Si](C)(C)O[Si](C)(C)CCC(F)(F)C(F)(F)C(F)(F)C(F)(F)C(F)(F)C(C)(F)F. The quantitative estimate of drug-likeness (QED) is 0.0271. The van der Waals surface area contributed by atoms with E-state index >= 15 is 8.78 Å². The van der Waals surface area contributed by atoms with Crippen LogP contribution in [0.3, 0.4) is 0 Å². The summed E-state index contributed by atoms with van der Waals surface area (Å²) in [5.74, 6) is -135. The third-order valence-corrected chi connectivity index (χ3v) is 45.3. The fourth-order valence-corrected chi connectivity index (χ4v) is 35.0. The standard InChI is InChI=1S/C44H60F36I2O3Si6/c1-15-25(81)90(11,12)85-91(13,14)26(82)24-32(55,56)38(67,68)44(79,80)43(77,78)37(65,66)31(53,54)19-23-89(9,10)84-88(7,8)22-18-30(51,52)36(63,64)42(75,76)41(73,74)35(61,62)29(49,50)17-21-87(5,6)83-86(3,4)20-16-28(47,48)34(59,60)40(71,72)39(69,70)33(57,58)27(2,45)46/h18-19,22-23,25-26H,15-17,20-21,24H2,1-14H3/b22-18+,23-19+. The monoisotopic (exact) mass is 1740 g/mol. The zero-order chi connectivity index (χ0) is 74.3. The van der Waals surface area contributed by atoms with Crippen molar-refractivity contribution in [3.05, 3.63) is 23.6 Å². The van der Waals surface area contributed by atoms with E-state index in [9.17, 15) is 149 Å². The van der Waals surface area contributed by atoms with Crippen LogP contribution in [0.15, 0.2) is 23.6 Å². The van der Waals surface area contributed by atoms with Crippen LogP contribution in [0.1, 0.15) is 39.5 Å². The van der Waals surface area contributed by atoms with E-state index in [1.54, 1.807) is 20.0 Å². The Morgan fingerprint density at radius 3 is 0.824 bits per heavy atom. The molecule has 91 heavy (non-hydrogen) atoms. The predicted molar refractivity (Wildman–Crippen MR) is 291 cm³/mol. The molecule has 0 N–H and O–H groups in total. The summed E-state index contributed by atoms with van der Waals surface area (Å²) in [5.41, 5.74) is -0.925. The van der Waals surface area contributed by atoms with Crippen LogP contribution in [-0.2, 0) is 12.3 Å². The molecule has 0 aliphatic heterocycles. The van der Waals surface area contributed by atoms with E-state index in [-0.39, 0.29) is 3.55 Å². The van der Waals surface area contributed by atoms with Gasteiger partial charge < -0.3 is 12.3 Å². The average molecular weight is 1740 g/mol. The third kappa shape index (κ3) is 17.3. The van der Waals surface area contributed by atoms with Crippen LogP contribution in [0.2, 0.25) is 90.7 Å². The highest BCUT2D eigenvalue weighted by Gasteiger charge is 2.92. The molecule has 0 radical (unpaired) electrons. The molecule has 0 aromatic heterocycles. The number of hydrogen-bond donors (Lipinski definition) is 0. The molecule has 0 heterocycles. The van der Waals surface area contributed by atoms with Crippen LogP contribution in [0, 0.1) is 0 Å². The van der Waals surface area contributed by atoms with Gasteiger partial charge in [0.1, 0.15) is 0 Å². The van der Waals surface area contributed by atoms with Gasteiger partial charge in [-0.3, -0.25) is 0 Å². The lowest BCUT2D eigenvalue weighted by Gasteiger charge is -2.43. The second-order valence-electron chi connectivity index (χ2n) is 24.6. The van der Waals surface area contributed by atoms with Crippen molar-refractivity contribution in [3.63, 3.8) is 0 Å². The summed E-state index contributed by atoms with van der Waals surface area (Å²) < 4.78 is 540. The van der Waals surface area contributed by atoms with Crippen molar-refractivity contribution in [2.75, 3.05) is 0 Å². The summed E-state index contributed by atoms with van der Waals surface area (Å²) in [5, 5.41) is 0. The molecular formula is C44H60F36I2O3Si6. The van der Waals surface area contributed by atoms with E-state index in [1.807, 2.05) is 22.6 Å². The summed E-state index contributed by atoms with van der Waals surface area (Å²) in [6.45, 7) is 9.84. The molecule has 2 atom stereocenters. The van der Waals surface area contributed by atoms with Crippen LogP contribution in [0.5, 0.6) is 0 Å². The molecule has 0 aromatic rings. The van der Waals surface area contributed by atoms with Gasteiger partial charge in [0.15, 0.2) is 49.9 Å². The van der Waals surface area contributed by atoms with Crippen molar-refractivity contribution in [1.82, 2.24) is 0 Å². The molecule has 3 nitrogen and oxygen atoms in total. The van der Waals surface area contributed by atoms with Crippen molar-refractivity contribution in [2.24, 2.45) is 0 Å². The Labute approximate surface area is 530 Å². The van der Waals surface area contributed by atoms with Crippen molar-refractivity contribution in [3.8, 4) is 0 Å². The van der Waals surface area contributed by atoms with Gasteiger partial charge in [0, 0.05) is 33.3 Å². The van der Waals surface area contributed by atoms with Gasteiger partial charge in [0.2, 0.25) is 0 Å². The molecule has 0 saturated carbocycles. The minimum atomic E-state index is -8.36. The summed E-state index contributed by atoms with van der Waals surface area (Å²) in [6, 6.07) is -3.66. The Hall–Kier alpha value is -0.399. The summed E-state index contributed by atoms with van der Waals surface area (Å²) in [4.78, 5) is 0. The van der Waals surface area contributed by atoms with Gasteiger partial charge in [-0.15, -0.1) is 0 Å². The summed E-state index contributed by atoms with van der Waals surface area (Å²) in [7, 11) is -25.4. The Morgan fingerprint density at radius 1 is 0.319 bits per heavy atom. The van der Waals surface area contributed by atoms with Crippen LogP contribution in [0.25, 0.3) is 0 Å². The minimum absolute atomic E-state index is 0.265. The number of rotatable bonds is 36. The molecular weight excluding hydrogens is 1680 g/mol. The molecule has 0 amide bonds. The number of halogens is 38. The number of hydrogen-bond acceptors (Lipinski definition) is 3. The Kier molecular flexibility index (Phi) is 26.5. The fraction of sp³-hybridized carbons (Fsp3) is 0.909. The van der Waals surface area contributed by atoms with Crippen molar-refractivity contribution in [2.45, 2.75) is 244 Å². The van der Waals surface area contributed by atoms with Gasteiger partial charge in [-0.1, -0.05) is 63.5 Å². The maximum atomic E-state index is 15.1. The lowest BCUT2D eigenvalue weighted by Crippen LogP contribution is -2.71. The molecule has 0 saturated heterocycles. The van der Waals surface area contributed by atoms with Gasteiger partial charge in [-0.2, -0.15) is 158 Å².